The zero-order chi connectivity index (χ0) is 12.9. The molecule has 0 radical (unpaired) electrons. The zero-order valence-electron chi connectivity index (χ0n) is 9.34. The van der Waals surface area contributed by atoms with Crippen molar-refractivity contribution in [3.63, 3.8) is 0 Å². The fraction of sp³-hybridized carbons (Fsp3) is 0.400. The zero-order valence-corrected chi connectivity index (χ0v) is 10.2. The Balaban J connectivity index is 2.52. The molecule has 0 unspecified atom stereocenters. The van der Waals surface area contributed by atoms with Crippen molar-refractivity contribution in [3.8, 4) is 11.5 Å². The normalized spacial score (nSPS) is 11.4. The summed E-state index contributed by atoms with van der Waals surface area (Å²) in [5.74, 6) is -0.362. The lowest BCUT2D eigenvalue weighted by atomic mass is 10.2. The SMILES string of the molecule is COc1cccc(CNCCS(=O)(=O)O)c1[O-]. The summed E-state index contributed by atoms with van der Waals surface area (Å²) < 4.78 is 34.3. The Kier molecular flexibility index (Phi) is 4.73. The summed E-state index contributed by atoms with van der Waals surface area (Å²) in [5, 5.41) is 14.4. The van der Waals surface area contributed by atoms with Gasteiger partial charge in [-0.05, 0) is 11.6 Å². The molecule has 0 saturated heterocycles. The molecule has 0 bridgehead atoms. The van der Waals surface area contributed by atoms with Gasteiger partial charge < -0.3 is 15.2 Å². The lowest BCUT2D eigenvalue weighted by Crippen LogP contribution is -2.22. The number of para-hydroxylation sites is 1. The predicted octanol–water partition coefficient (Wildman–Crippen LogP) is -0.254. The second-order valence-electron chi connectivity index (χ2n) is 3.41. The Bertz CT molecular complexity index is 472. The van der Waals surface area contributed by atoms with Gasteiger partial charge in [0.2, 0.25) is 0 Å². The third kappa shape index (κ3) is 4.59. The minimum absolute atomic E-state index is 0.0789. The minimum Gasteiger partial charge on any atom is -0.870 e. The summed E-state index contributed by atoms with van der Waals surface area (Å²) in [6.45, 7) is 0.307. The van der Waals surface area contributed by atoms with E-state index in [2.05, 4.69) is 5.32 Å². The van der Waals surface area contributed by atoms with E-state index < -0.39 is 10.1 Å². The van der Waals surface area contributed by atoms with Crippen molar-refractivity contribution in [3.05, 3.63) is 23.8 Å². The van der Waals surface area contributed by atoms with Crippen LogP contribution in [-0.2, 0) is 16.7 Å². The van der Waals surface area contributed by atoms with E-state index in [4.69, 9.17) is 9.29 Å². The highest BCUT2D eigenvalue weighted by atomic mass is 32.2. The van der Waals surface area contributed by atoms with Crippen LogP contribution >= 0.6 is 0 Å². The molecule has 0 aliphatic rings. The molecule has 1 rings (SSSR count). The van der Waals surface area contributed by atoms with Gasteiger partial charge in [-0.2, -0.15) is 8.42 Å². The van der Waals surface area contributed by atoms with Gasteiger partial charge in [0.05, 0.1) is 12.9 Å². The first kappa shape index (κ1) is 13.8. The molecule has 0 spiro atoms. The maximum absolute atomic E-state index is 11.7. The summed E-state index contributed by atoms with van der Waals surface area (Å²) in [6, 6.07) is 4.87. The molecule has 0 saturated carbocycles. The average molecular weight is 260 g/mol. The van der Waals surface area contributed by atoms with Crippen LogP contribution in [0.2, 0.25) is 0 Å². The van der Waals surface area contributed by atoms with Gasteiger partial charge >= 0.3 is 0 Å². The van der Waals surface area contributed by atoms with Crippen molar-refractivity contribution >= 4 is 10.1 Å². The molecular weight excluding hydrogens is 246 g/mol. The Morgan fingerprint density at radius 1 is 1.47 bits per heavy atom. The third-order valence-electron chi connectivity index (χ3n) is 2.13. The Morgan fingerprint density at radius 2 is 2.18 bits per heavy atom. The first-order valence-electron chi connectivity index (χ1n) is 4.93. The van der Waals surface area contributed by atoms with Gasteiger partial charge in [-0.25, -0.2) is 0 Å². The maximum atomic E-state index is 11.7. The van der Waals surface area contributed by atoms with Crippen molar-refractivity contribution in [2.45, 2.75) is 6.54 Å². The van der Waals surface area contributed by atoms with E-state index in [1.807, 2.05) is 0 Å². The molecule has 0 amide bonds. The summed E-state index contributed by atoms with van der Waals surface area (Å²) in [6.07, 6.45) is 0. The first-order valence-corrected chi connectivity index (χ1v) is 6.53. The first-order chi connectivity index (χ1) is 7.94. The van der Waals surface area contributed by atoms with Crippen LogP contribution in [0.15, 0.2) is 18.2 Å². The Hall–Kier alpha value is -1.31. The van der Waals surface area contributed by atoms with Crippen LogP contribution in [-0.4, -0.2) is 32.4 Å². The van der Waals surface area contributed by atoms with Gasteiger partial charge in [0.15, 0.2) is 0 Å². The molecule has 1 aromatic rings. The molecular formula is C10H14NO5S-. The van der Waals surface area contributed by atoms with E-state index in [0.29, 0.717) is 5.56 Å². The van der Waals surface area contributed by atoms with E-state index >= 15 is 0 Å². The third-order valence-corrected chi connectivity index (χ3v) is 2.85. The standard InChI is InChI=1S/C10H15NO5S/c1-16-9-4-2-3-8(10(9)12)7-11-5-6-17(13,14)15/h2-4,11-12H,5-7H2,1H3,(H,13,14,15)/p-1. The molecule has 7 heteroatoms. The van der Waals surface area contributed by atoms with Gasteiger partial charge in [0.25, 0.3) is 10.1 Å². The Labute approximate surface area is 100.0 Å². The van der Waals surface area contributed by atoms with E-state index in [1.54, 1.807) is 18.2 Å². The van der Waals surface area contributed by atoms with Gasteiger partial charge in [-0.3, -0.25) is 4.55 Å². The summed E-state index contributed by atoms with van der Waals surface area (Å²) in [4.78, 5) is 0. The summed E-state index contributed by atoms with van der Waals surface area (Å²) in [7, 11) is -2.56. The number of rotatable bonds is 6. The highest BCUT2D eigenvalue weighted by molar-refractivity contribution is 7.85. The molecule has 0 aliphatic carbocycles. The molecule has 0 atom stereocenters. The van der Waals surface area contributed by atoms with E-state index in [-0.39, 0.29) is 30.3 Å². The van der Waals surface area contributed by atoms with Gasteiger partial charge in [0, 0.05) is 13.1 Å². The number of benzene rings is 1. The smallest absolute Gasteiger partial charge is 0.266 e. The number of nitrogens with one attached hydrogen (secondary N) is 1. The topological polar surface area (TPSA) is 98.7 Å². The van der Waals surface area contributed by atoms with Crippen molar-refractivity contribution in [2.75, 3.05) is 19.4 Å². The van der Waals surface area contributed by atoms with Crippen LogP contribution in [0.5, 0.6) is 11.5 Å². The van der Waals surface area contributed by atoms with Crippen molar-refractivity contribution < 1.29 is 22.8 Å². The van der Waals surface area contributed by atoms with Gasteiger partial charge in [0.1, 0.15) is 5.75 Å². The second-order valence-corrected chi connectivity index (χ2v) is 4.98. The van der Waals surface area contributed by atoms with Crippen LogP contribution in [0.1, 0.15) is 5.56 Å². The summed E-state index contributed by atoms with van der Waals surface area (Å²) >= 11 is 0. The Morgan fingerprint density at radius 3 is 2.76 bits per heavy atom. The maximum Gasteiger partial charge on any atom is 0.266 e. The quantitative estimate of drug-likeness (QED) is 0.540. The van der Waals surface area contributed by atoms with Crippen LogP contribution < -0.4 is 15.2 Å². The van der Waals surface area contributed by atoms with Crippen LogP contribution in [0.25, 0.3) is 0 Å². The number of ether oxygens (including phenoxy) is 1. The van der Waals surface area contributed by atoms with Crippen LogP contribution in [0.4, 0.5) is 0 Å². The van der Waals surface area contributed by atoms with Gasteiger partial charge in [-0.1, -0.05) is 17.9 Å². The van der Waals surface area contributed by atoms with Crippen molar-refractivity contribution in [1.29, 1.82) is 0 Å². The van der Waals surface area contributed by atoms with Crippen molar-refractivity contribution in [2.24, 2.45) is 0 Å². The molecule has 17 heavy (non-hydrogen) atoms. The lowest BCUT2D eigenvalue weighted by molar-refractivity contribution is -0.271. The highest BCUT2D eigenvalue weighted by Gasteiger charge is 2.04. The summed E-state index contributed by atoms with van der Waals surface area (Å²) in [5.41, 5.74) is 0.486. The van der Waals surface area contributed by atoms with E-state index in [9.17, 15) is 13.5 Å². The molecule has 0 aromatic heterocycles. The molecule has 2 N–H and O–H groups in total. The van der Waals surface area contributed by atoms with Gasteiger partial charge in [-0.15, -0.1) is 0 Å². The lowest BCUT2D eigenvalue weighted by Gasteiger charge is -2.17. The predicted molar refractivity (Wildman–Crippen MR) is 60.6 cm³/mol. The molecule has 0 fully saturated rings. The number of hydrogen-bond acceptors (Lipinski definition) is 5. The highest BCUT2D eigenvalue weighted by Crippen LogP contribution is 2.26. The molecule has 0 heterocycles. The fourth-order valence-electron chi connectivity index (χ4n) is 1.29. The monoisotopic (exact) mass is 260 g/mol. The van der Waals surface area contributed by atoms with E-state index in [1.165, 1.54) is 7.11 Å². The molecule has 6 nitrogen and oxygen atoms in total. The molecule has 0 aliphatic heterocycles. The van der Waals surface area contributed by atoms with Crippen molar-refractivity contribution in [1.82, 2.24) is 5.32 Å². The van der Waals surface area contributed by atoms with E-state index in [0.717, 1.165) is 0 Å². The largest absolute Gasteiger partial charge is 0.870 e. The minimum atomic E-state index is -3.97. The molecule has 1 aromatic carbocycles. The second kappa shape index (κ2) is 5.85. The van der Waals surface area contributed by atoms with Crippen LogP contribution in [0, 0.1) is 0 Å². The van der Waals surface area contributed by atoms with Crippen LogP contribution in [0.3, 0.4) is 0 Å². The average Bonchev–Trinajstić information content (AvgIpc) is 2.25. The number of hydrogen-bond donors (Lipinski definition) is 2. The molecule has 96 valence electrons. The number of methoxy groups -OCH3 is 1. The fourth-order valence-corrected chi connectivity index (χ4v) is 1.69.